The number of hydrogen-bond acceptors (Lipinski definition) is 2. The summed E-state index contributed by atoms with van der Waals surface area (Å²) in [6, 6.07) is 8.96. The predicted octanol–water partition coefficient (Wildman–Crippen LogP) is 2.10. The van der Waals surface area contributed by atoms with Crippen LogP contribution < -0.4 is 5.32 Å². The first-order valence-electron chi connectivity index (χ1n) is 5.42. The first-order valence-corrected chi connectivity index (χ1v) is 5.42. The summed E-state index contributed by atoms with van der Waals surface area (Å²) < 4.78 is 0. The highest BCUT2D eigenvalue weighted by Gasteiger charge is 2.06. The Kier molecular flexibility index (Phi) is 5.05. The van der Waals surface area contributed by atoms with E-state index in [1.165, 1.54) is 11.1 Å². The van der Waals surface area contributed by atoms with E-state index in [1.54, 1.807) is 0 Å². The van der Waals surface area contributed by atoms with Gasteiger partial charge in [0.15, 0.2) is 0 Å². The summed E-state index contributed by atoms with van der Waals surface area (Å²) in [7, 11) is 1.95. The summed E-state index contributed by atoms with van der Waals surface area (Å²) >= 11 is 0. The first kappa shape index (κ1) is 11.9. The Bertz CT molecular complexity index is 292. The quantitative estimate of drug-likeness (QED) is 0.721. The Morgan fingerprint density at radius 1 is 1.33 bits per heavy atom. The van der Waals surface area contributed by atoms with Crippen LogP contribution in [0.1, 0.15) is 24.0 Å². The zero-order valence-corrected chi connectivity index (χ0v) is 9.49. The van der Waals surface area contributed by atoms with E-state index in [4.69, 9.17) is 0 Å². The number of carbonyl (C=O) groups is 1. The lowest BCUT2D eigenvalue weighted by Gasteiger charge is -2.14. The fourth-order valence-electron chi connectivity index (χ4n) is 1.63. The molecule has 0 aromatic heterocycles. The molecule has 15 heavy (non-hydrogen) atoms. The lowest BCUT2D eigenvalue weighted by molar-refractivity contribution is -0.108. The summed E-state index contributed by atoms with van der Waals surface area (Å²) in [5.74, 6) is 0. The van der Waals surface area contributed by atoms with Crippen molar-refractivity contribution in [3.05, 3.63) is 35.4 Å². The van der Waals surface area contributed by atoms with Crippen molar-refractivity contribution >= 4 is 6.29 Å². The van der Waals surface area contributed by atoms with Crippen molar-refractivity contribution in [1.82, 2.24) is 5.32 Å². The van der Waals surface area contributed by atoms with Gasteiger partial charge in [0.25, 0.3) is 0 Å². The van der Waals surface area contributed by atoms with E-state index in [1.807, 2.05) is 7.05 Å². The number of aryl methyl sites for hydroxylation is 1. The van der Waals surface area contributed by atoms with Gasteiger partial charge in [-0.1, -0.05) is 29.8 Å². The molecule has 1 aromatic carbocycles. The van der Waals surface area contributed by atoms with Crippen molar-refractivity contribution < 1.29 is 4.79 Å². The second-order valence-corrected chi connectivity index (χ2v) is 3.92. The minimum absolute atomic E-state index is 0.401. The van der Waals surface area contributed by atoms with E-state index in [0.29, 0.717) is 12.5 Å². The highest BCUT2D eigenvalue weighted by Crippen LogP contribution is 2.08. The summed E-state index contributed by atoms with van der Waals surface area (Å²) in [5.41, 5.74) is 2.61. The summed E-state index contributed by atoms with van der Waals surface area (Å²) in [6.45, 7) is 2.09. The molecule has 0 saturated carbocycles. The average molecular weight is 205 g/mol. The van der Waals surface area contributed by atoms with Crippen molar-refractivity contribution in [2.75, 3.05) is 7.05 Å². The first-order chi connectivity index (χ1) is 7.26. The molecule has 0 bridgehead atoms. The maximum absolute atomic E-state index is 10.3. The molecule has 0 aliphatic heterocycles. The lowest BCUT2D eigenvalue weighted by atomic mass is 10.0. The molecule has 0 heterocycles. The summed E-state index contributed by atoms with van der Waals surface area (Å²) in [5, 5.41) is 3.24. The number of likely N-dealkylation sites (N-methyl/N-ethyl adjacent to an activating group) is 1. The van der Waals surface area contributed by atoms with Gasteiger partial charge in [0.2, 0.25) is 0 Å². The molecule has 0 radical (unpaired) electrons. The number of nitrogens with one attached hydrogen (secondary N) is 1. The highest BCUT2D eigenvalue weighted by molar-refractivity contribution is 5.49. The van der Waals surface area contributed by atoms with Crippen LogP contribution in [0.5, 0.6) is 0 Å². The molecule has 1 atom stereocenters. The normalized spacial score (nSPS) is 12.4. The number of hydrogen-bond donors (Lipinski definition) is 1. The summed E-state index contributed by atoms with van der Waals surface area (Å²) in [6.07, 6.45) is 3.52. The van der Waals surface area contributed by atoms with E-state index in [-0.39, 0.29) is 0 Å². The second kappa shape index (κ2) is 6.36. The van der Waals surface area contributed by atoms with E-state index in [2.05, 4.69) is 36.5 Å². The Morgan fingerprint density at radius 3 is 2.53 bits per heavy atom. The van der Waals surface area contributed by atoms with Crippen LogP contribution in [0.3, 0.4) is 0 Å². The van der Waals surface area contributed by atoms with Gasteiger partial charge in [-0.3, -0.25) is 0 Å². The Balaban J connectivity index is 2.50. The second-order valence-electron chi connectivity index (χ2n) is 3.92. The molecule has 0 spiro atoms. The van der Waals surface area contributed by atoms with Gasteiger partial charge in [0.1, 0.15) is 6.29 Å². The van der Waals surface area contributed by atoms with Gasteiger partial charge in [-0.15, -0.1) is 0 Å². The van der Waals surface area contributed by atoms with E-state index < -0.39 is 0 Å². The largest absolute Gasteiger partial charge is 0.317 e. The van der Waals surface area contributed by atoms with E-state index >= 15 is 0 Å². The number of aldehydes is 1. The molecule has 1 unspecified atom stereocenters. The van der Waals surface area contributed by atoms with E-state index in [0.717, 1.165) is 19.1 Å². The number of rotatable bonds is 6. The van der Waals surface area contributed by atoms with Crippen LogP contribution in [0.25, 0.3) is 0 Å². The van der Waals surface area contributed by atoms with Crippen molar-refractivity contribution in [1.29, 1.82) is 0 Å². The molecule has 0 aliphatic carbocycles. The van der Waals surface area contributed by atoms with Gasteiger partial charge >= 0.3 is 0 Å². The van der Waals surface area contributed by atoms with Crippen LogP contribution in [-0.2, 0) is 11.2 Å². The molecule has 82 valence electrons. The third-order valence-electron chi connectivity index (χ3n) is 2.64. The van der Waals surface area contributed by atoms with Gasteiger partial charge in [0.05, 0.1) is 0 Å². The molecule has 0 amide bonds. The Labute approximate surface area is 91.7 Å². The van der Waals surface area contributed by atoms with Crippen LogP contribution in [0.2, 0.25) is 0 Å². The molecule has 0 saturated heterocycles. The zero-order chi connectivity index (χ0) is 11.1. The zero-order valence-electron chi connectivity index (χ0n) is 9.49. The van der Waals surface area contributed by atoms with E-state index in [9.17, 15) is 4.79 Å². The Hall–Kier alpha value is -1.15. The monoisotopic (exact) mass is 205 g/mol. The van der Waals surface area contributed by atoms with Crippen molar-refractivity contribution in [2.24, 2.45) is 0 Å². The third kappa shape index (κ3) is 4.26. The SMILES string of the molecule is CNC(CCC=O)Cc1ccc(C)cc1. The third-order valence-corrected chi connectivity index (χ3v) is 2.64. The minimum Gasteiger partial charge on any atom is -0.317 e. The summed E-state index contributed by atoms with van der Waals surface area (Å²) in [4.78, 5) is 10.3. The molecule has 1 N–H and O–H groups in total. The predicted molar refractivity (Wildman–Crippen MR) is 63.0 cm³/mol. The Morgan fingerprint density at radius 2 is 2.00 bits per heavy atom. The van der Waals surface area contributed by atoms with Gasteiger partial charge in [-0.2, -0.15) is 0 Å². The molecule has 2 heteroatoms. The van der Waals surface area contributed by atoms with Gasteiger partial charge in [-0.25, -0.2) is 0 Å². The van der Waals surface area contributed by atoms with Crippen molar-refractivity contribution in [2.45, 2.75) is 32.2 Å². The smallest absolute Gasteiger partial charge is 0.120 e. The molecule has 1 aromatic rings. The van der Waals surface area contributed by atoms with Crippen molar-refractivity contribution in [3.8, 4) is 0 Å². The van der Waals surface area contributed by atoms with Crippen LogP contribution in [0, 0.1) is 6.92 Å². The molecular formula is C13H19NO. The maximum atomic E-state index is 10.3. The van der Waals surface area contributed by atoms with Crippen molar-refractivity contribution in [3.63, 3.8) is 0 Å². The van der Waals surface area contributed by atoms with Crippen LogP contribution in [-0.4, -0.2) is 19.4 Å². The fraction of sp³-hybridized carbons (Fsp3) is 0.462. The molecule has 0 fully saturated rings. The topological polar surface area (TPSA) is 29.1 Å². The lowest BCUT2D eigenvalue weighted by Crippen LogP contribution is -2.27. The van der Waals surface area contributed by atoms with Crippen LogP contribution in [0.4, 0.5) is 0 Å². The number of benzene rings is 1. The number of carbonyl (C=O) groups excluding carboxylic acids is 1. The maximum Gasteiger partial charge on any atom is 0.120 e. The standard InChI is InChI=1S/C13H19NO/c1-11-5-7-12(8-6-11)10-13(14-2)4-3-9-15/h5-9,13-14H,3-4,10H2,1-2H3. The molecule has 2 nitrogen and oxygen atoms in total. The van der Waals surface area contributed by atoms with Gasteiger partial charge in [0, 0.05) is 12.5 Å². The highest BCUT2D eigenvalue weighted by atomic mass is 16.1. The fourth-order valence-corrected chi connectivity index (χ4v) is 1.63. The van der Waals surface area contributed by atoms with Crippen LogP contribution >= 0.6 is 0 Å². The van der Waals surface area contributed by atoms with Crippen LogP contribution in [0.15, 0.2) is 24.3 Å². The van der Waals surface area contributed by atoms with Gasteiger partial charge in [-0.05, 0) is 32.4 Å². The minimum atomic E-state index is 0.401. The average Bonchev–Trinajstić information content (AvgIpc) is 2.27. The van der Waals surface area contributed by atoms with Gasteiger partial charge < -0.3 is 10.1 Å². The molecule has 0 aliphatic rings. The molecule has 1 rings (SSSR count). The molecular weight excluding hydrogens is 186 g/mol.